The molecule has 0 aliphatic heterocycles. The summed E-state index contributed by atoms with van der Waals surface area (Å²) in [5.41, 5.74) is 1.05. The van der Waals surface area contributed by atoms with Crippen LogP contribution in [0.3, 0.4) is 0 Å². The Balaban J connectivity index is 3.15. The lowest BCUT2D eigenvalue weighted by molar-refractivity contribution is 0.563. The first-order valence-electron chi connectivity index (χ1n) is 3.26. The van der Waals surface area contributed by atoms with Crippen LogP contribution < -0.4 is 4.72 Å². The molecule has 1 radical (unpaired) electrons. The summed E-state index contributed by atoms with van der Waals surface area (Å²) in [5.74, 6) is -0.774. The zero-order valence-corrected chi connectivity index (χ0v) is 8.77. The fourth-order valence-electron chi connectivity index (χ4n) is 0.785. The fraction of sp³-hybridized carbons (Fsp3) is 0. The minimum atomic E-state index is -3.77. The molecule has 0 saturated heterocycles. The van der Waals surface area contributed by atoms with Crippen LogP contribution in [0.5, 0.6) is 0 Å². The molecule has 0 saturated carbocycles. The molecule has 1 aromatic rings. The van der Waals surface area contributed by atoms with Gasteiger partial charge in [0.15, 0.2) is 0 Å². The number of halogens is 2. The second kappa shape index (κ2) is 4.17. The van der Waals surface area contributed by atoms with Crippen LogP contribution in [0.25, 0.3) is 0 Å². The standard InChI is InChI=1S/C7H6BrFNO2S/c8-5-10-13(11,12)7-4-2-1-3-6(7)9/h1-5,10H. The summed E-state index contributed by atoms with van der Waals surface area (Å²) in [5, 5.41) is 0. The molecule has 6 heteroatoms. The predicted octanol–water partition coefficient (Wildman–Crippen LogP) is 1.62. The molecule has 13 heavy (non-hydrogen) atoms. The fourth-order valence-corrected chi connectivity index (χ4v) is 2.35. The van der Waals surface area contributed by atoms with Gasteiger partial charge in [-0.15, -0.1) is 0 Å². The molecule has 0 atom stereocenters. The van der Waals surface area contributed by atoms with Crippen molar-refractivity contribution >= 4 is 26.0 Å². The van der Waals surface area contributed by atoms with Crippen molar-refractivity contribution in [3.8, 4) is 0 Å². The first kappa shape index (κ1) is 10.6. The van der Waals surface area contributed by atoms with Gasteiger partial charge >= 0.3 is 0 Å². The third kappa shape index (κ3) is 2.49. The smallest absolute Gasteiger partial charge is 0.207 e. The Kier molecular flexibility index (Phi) is 3.40. The number of hydrogen-bond acceptors (Lipinski definition) is 2. The van der Waals surface area contributed by atoms with Gasteiger partial charge in [-0.25, -0.2) is 12.8 Å². The molecule has 0 aliphatic rings. The maximum atomic E-state index is 13.0. The van der Waals surface area contributed by atoms with Gasteiger partial charge in [0.25, 0.3) is 0 Å². The van der Waals surface area contributed by atoms with Gasteiger partial charge in [-0.05, 0) is 12.1 Å². The molecular weight excluding hydrogens is 261 g/mol. The molecule has 1 N–H and O–H groups in total. The summed E-state index contributed by atoms with van der Waals surface area (Å²) in [6, 6.07) is 5.15. The Bertz CT molecular complexity index is 393. The van der Waals surface area contributed by atoms with Gasteiger partial charge in [0.05, 0.1) is 0 Å². The molecule has 0 aromatic heterocycles. The number of rotatable bonds is 3. The Morgan fingerprint density at radius 1 is 1.38 bits per heavy atom. The van der Waals surface area contributed by atoms with Gasteiger partial charge in [-0.2, -0.15) is 4.72 Å². The van der Waals surface area contributed by atoms with E-state index in [1.807, 2.05) is 4.72 Å². The molecule has 0 aliphatic carbocycles. The van der Waals surface area contributed by atoms with Crippen molar-refractivity contribution in [2.24, 2.45) is 0 Å². The van der Waals surface area contributed by atoms with E-state index in [0.717, 1.165) is 11.5 Å². The number of sulfonamides is 1. The lowest BCUT2D eigenvalue weighted by atomic mass is 10.4. The highest BCUT2D eigenvalue weighted by Crippen LogP contribution is 2.13. The first-order chi connectivity index (χ1) is 6.08. The van der Waals surface area contributed by atoms with E-state index < -0.39 is 15.8 Å². The summed E-state index contributed by atoms with van der Waals surface area (Å²) in [6.45, 7) is 0. The van der Waals surface area contributed by atoms with E-state index in [0.29, 0.717) is 0 Å². The average molecular weight is 267 g/mol. The monoisotopic (exact) mass is 266 g/mol. The zero-order valence-electron chi connectivity index (χ0n) is 6.37. The molecule has 1 aromatic carbocycles. The first-order valence-corrected chi connectivity index (χ1v) is 5.66. The van der Waals surface area contributed by atoms with E-state index in [1.54, 1.807) is 0 Å². The highest BCUT2D eigenvalue weighted by molar-refractivity contribution is 9.10. The Labute approximate surface area is 84.1 Å². The highest BCUT2D eigenvalue weighted by Gasteiger charge is 2.16. The second-order valence-corrected chi connectivity index (χ2v) is 4.30. The minimum Gasteiger partial charge on any atom is -0.207 e. The predicted molar refractivity (Wildman–Crippen MR) is 49.9 cm³/mol. The van der Waals surface area contributed by atoms with E-state index in [-0.39, 0.29) is 4.90 Å². The molecule has 0 amide bonds. The third-order valence-electron chi connectivity index (χ3n) is 1.33. The van der Waals surface area contributed by atoms with Crippen molar-refractivity contribution < 1.29 is 12.8 Å². The van der Waals surface area contributed by atoms with Crippen LogP contribution >= 0.6 is 15.9 Å². The molecule has 0 heterocycles. The summed E-state index contributed by atoms with van der Waals surface area (Å²) < 4.78 is 37.4. The number of benzene rings is 1. The van der Waals surface area contributed by atoms with Crippen LogP contribution in [0.4, 0.5) is 4.39 Å². The molecule has 0 unspecified atom stereocenters. The van der Waals surface area contributed by atoms with E-state index in [4.69, 9.17) is 0 Å². The van der Waals surface area contributed by atoms with E-state index in [2.05, 4.69) is 15.9 Å². The van der Waals surface area contributed by atoms with Crippen LogP contribution in [-0.4, -0.2) is 8.42 Å². The summed E-state index contributed by atoms with van der Waals surface area (Å²) in [6.07, 6.45) is 0. The van der Waals surface area contributed by atoms with E-state index in [9.17, 15) is 12.8 Å². The lowest BCUT2D eigenvalue weighted by Gasteiger charge is -2.03. The second-order valence-electron chi connectivity index (χ2n) is 2.16. The average Bonchev–Trinajstić information content (AvgIpc) is 2.04. The van der Waals surface area contributed by atoms with Crippen molar-refractivity contribution in [2.45, 2.75) is 4.90 Å². The topological polar surface area (TPSA) is 46.2 Å². The largest absolute Gasteiger partial charge is 0.244 e. The maximum absolute atomic E-state index is 13.0. The Morgan fingerprint density at radius 2 is 2.00 bits per heavy atom. The molecule has 0 bridgehead atoms. The van der Waals surface area contributed by atoms with E-state index >= 15 is 0 Å². The van der Waals surface area contributed by atoms with Gasteiger partial charge in [-0.1, -0.05) is 28.1 Å². The summed E-state index contributed by atoms with van der Waals surface area (Å²) in [4.78, 5) is -0.370. The van der Waals surface area contributed by atoms with Crippen molar-refractivity contribution in [1.82, 2.24) is 4.72 Å². The number of nitrogens with one attached hydrogen (secondary N) is 1. The molecule has 0 spiro atoms. The van der Waals surface area contributed by atoms with Gasteiger partial charge < -0.3 is 0 Å². The van der Waals surface area contributed by atoms with Crippen molar-refractivity contribution in [2.75, 3.05) is 0 Å². The molecule has 0 fully saturated rings. The normalized spacial score (nSPS) is 11.5. The van der Waals surface area contributed by atoms with Crippen LogP contribution in [0, 0.1) is 11.3 Å². The van der Waals surface area contributed by atoms with Gasteiger partial charge in [0, 0.05) is 0 Å². The van der Waals surface area contributed by atoms with Crippen molar-refractivity contribution in [3.05, 3.63) is 35.5 Å². The summed E-state index contributed by atoms with van der Waals surface area (Å²) in [7, 11) is -3.77. The maximum Gasteiger partial charge on any atom is 0.244 e. The van der Waals surface area contributed by atoms with Gasteiger partial charge in [0.2, 0.25) is 10.0 Å². The van der Waals surface area contributed by atoms with Crippen LogP contribution in [0.2, 0.25) is 0 Å². The summed E-state index contributed by atoms with van der Waals surface area (Å²) >= 11 is 2.77. The lowest BCUT2D eigenvalue weighted by Crippen LogP contribution is -2.19. The van der Waals surface area contributed by atoms with Gasteiger partial charge in [0.1, 0.15) is 16.2 Å². The Hall–Kier alpha value is -0.460. The highest BCUT2D eigenvalue weighted by atomic mass is 79.9. The molecule has 3 nitrogen and oxygen atoms in total. The van der Waals surface area contributed by atoms with Crippen LogP contribution in [0.15, 0.2) is 29.2 Å². The van der Waals surface area contributed by atoms with E-state index in [1.165, 1.54) is 18.2 Å². The third-order valence-corrected chi connectivity index (χ3v) is 3.20. The molecule has 71 valence electrons. The van der Waals surface area contributed by atoms with Gasteiger partial charge in [-0.3, -0.25) is 0 Å². The van der Waals surface area contributed by atoms with Crippen LogP contribution in [-0.2, 0) is 10.0 Å². The molecule has 1 rings (SSSR count). The molecular formula is C7H6BrFNO2S. The number of hydrogen-bond donors (Lipinski definition) is 1. The van der Waals surface area contributed by atoms with Crippen LogP contribution in [0.1, 0.15) is 0 Å². The quantitative estimate of drug-likeness (QED) is 0.846. The van der Waals surface area contributed by atoms with Crippen molar-refractivity contribution in [1.29, 1.82) is 0 Å². The zero-order chi connectivity index (χ0) is 9.90. The minimum absolute atomic E-state index is 0.370. The van der Waals surface area contributed by atoms with Crippen molar-refractivity contribution in [3.63, 3.8) is 0 Å². The SMILES string of the molecule is O=S(=O)(N[CH]Br)c1ccccc1F. The Morgan fingerprint density at radius 3 is 2.54 bits per heavy atom.